The molecule has 0 aliphatic rings. The van der Waals surface area contributed by atoms with Crippen LogP contribution in [0.15, 0.2) is 10.5 Å². The summed E-state index contributed by atoms with van der Waals surface area (Å²) < 4.78 is 10.8. The quantitative estimate of drug-likeness (QED) is 0.909. The summed E-state index contributed by atoms with van der Waals surface area (Å²) in [6.07, 6.45) is 0.706. The summed E-state index contributed by atoms with van der Waals surface area (Å²) in [7, 11) is 3.12. The van der Waals surface area contributed by atoms with Crippen LogP contribution in [-0.4, -0.2) is 19.3 Å². The lowest BCUT2D eigenvalue weighted by molar-refractivity contribution is 0.377. The van der Waals surface area contributed by atoms with Gasteiger partial charge in [0.15, 0.2) is 0 Å². The van der Waals surface area contributed by atoms with Gasteiger partial charge >= 0.3 is 0 Å². The van der Waals surface area contributed by atoms with Crippen molar-refractivity contribution in [2.24, 2.45) is 0 Å². The highest BCUT2D eigenvalue weighted by molar-refractivity contribution is 9.10. The molecule has 3 nitrogen and oxygen atoms in total. The van der Waals surface area contributed by atoms with Crippen molar-refractivity contribution >= 4 is 15.9 Å². The second-order valence-electron chi connectivity index (χ2n) is 2.78. The van der Waals surface area contributed by atoms with Gasteiger partial charge in [-0.2, -0.15) is 0 Å². The number of phenols is 1. The Balaban J connectivity index is 3.38. The summed E-state index contributed by atoms with van der Waals surface area (Å²) >= 11 is 3.26. The number of hydrogen-bond donors (Lipinski definition) is 1. The minimum Gasteiger partial charge on any atom is -0.506 e. The van der Waals surface area contributed by atoms with Crippen LogP contribution in [0.3, 0.4) is 0 Å². The molecule has 0 unspecified atom stereocenters. The van der Waals surface area contributed by atoms with Crippen molar-refractivity contribution in [2.75, 3.05) is 14.2 Å². The lowest BCUT2D eigenvalue weighted by Crippen LogP contribution is -1.94. The number of rotatable bonds is 3. The topological polar surface area (TPSA) is 38.7 Å². The largest absolute Gasteiger partial charge is 0.506 e. The second kappa shape index (κ2) is 4.55. The zero-order chi connectivity index (χ0) is 10.7. The third kappa shape index (κ3) is 1.80. The predicted molar refractivity (Wildman–Crippen MR) is 58.3 cm³/mol. The van der Waals surface area contributed by atoms with Gasteiger partial charge < -0.3 is 14.6 Å². The van der Waals surface area contributed by atoms with Gasteiger partial charge in [-0.05, 0) is 22.4 Å². The van der Waals surface area contributed by atoms with E-state index in [2.05, 4.69) is 15.9 Å². The Bertz CT molecular complexity index is 337. The maximum atomic E-state index is 9.81. The lowest BCUT2D eigenvalue weighted by Gasteiger charge is -2.13. The van der Waals surface area contributed by atoms with E-state index in [1.54, 1.807) is 20.3 Å². The summed E-state index contributed by atoms with van der Waals surface area (Å²) in [6.45, 7) is 1.95. The number of hydrogen-bond acceptors (Lipinski definition) is 3. The van der Waals surface area contributed by atoms with Gasteiger partial charge in [0, 0.05) is 11.6 Å². The first-order valence-corrected chi connectivity index (χ1v) is 5.07. The standard InChI is InChI=1S/C10H13BrO3/c1-4-6-7(13-2)5-8(14-3)9(11)10(6)12/h5,12H,4H2,1-3H3. The van der Waals surface area contributed by atoms with Gasteiger partial charge in [-0.15, -0.1) is 0 Å². The van der Waals surface area contributed by atoms with E-state index in [1.807, 2.05) is 6.92 Å². The van der Waals surface area contributed by atoms with Crippen molar-refractivity contribution in [1.29, 1.82) is 0 Å². The third-order valence-corrected chi connectivity index (χ3v) is 2.83. The van der Waals surface area contributed by atoms with Crippen molar-refractivity contribution in [2.45, 2.75) is 13.3 Å². The molecule has 0 radical (unpaired) electrons. The summed E-state index contributed by atoms with van der Waals surface area (Å²) in [5, 5.41) is 9.81. The highest BCUT2D eigenvalue weighted by Crippen LogP contribution is 2.42. The zero-order valence-corrected chi connectivity index (χ0v) is 10.0. The number of aromatic hydroxyl groups is 1. The van der Waals surface area contributed by atoms with E-state index in [4.69, 9.17) is 9.47 Å². The Morgan fingerprint density at radius 3 is 2.29 bits per heavy atom. The predicted octanol–water partition coefficient (Wildman–Crippen LogP) is 2.73. The number of phenolic OH excluding ortho intramolecular Hbond substituents is 1. The molecule has 78 valence electrons. The molecule has 0 fully saturated rings. The van der Waals surface area contributed by atoms with Crippen molar-refractivity contribution in [3.05, 3.63) is 16.1 Å². The van der Waals surface area contributed by atoms with Gasteiger partial charge in [-0.1, -0.05) is 6.92 Å². The van der Waals surface area contributed by atoms with E-state index in [1.165, 1.54) is 0 Å². The van der Waals surface area contributed by atoms with Crippen molar-refractivity contribution in [3.63, 3.8) is 0 Å². The molecule has 0 aliphatic heterocycles. The molecule has 0 spiro atoms. The van der Waals surface area contributed by atoms with Crippen LogP contribution >= 0.6 is 15.9 Å². The van der Waals surface area contributed by atoms with Gasteiger partial charge in [0.2, 0.25) is 0 Å². The van der Waals surface area contributed by atoms with Crippen LogP contribution < -0.4 is 9.47 Å². The van der Waals surface area contributed by atoms with E-state index < -0.39 is 0 Å². The average molecular weight is 261 g/mol. The van der Waals surface area contributed by atoms with E-state index in [-0.39, 0.29) is 5.75 Å². The van der Waals surface area contributed by atoms with Crippen LogP contribution in [0, 0.1) is 0 Å². The van der Waals surface area contributed by atoms with E-state index in [9.17, 15) is 5.11 Å². The molecular formula is C10H13BrO3. The maximum Gasteiger partial charge on any atom is 0.140 e. The van der Waals surface area contributed by atoms with E-state index in [0.29, 0.717) is 22.4 Å². The fourth-order valence-electron chi connectivity index (χ4n) is 1.31. The first-order valence-electron chi connectivity index (χ1n) is 4.28. The van der Waals surface area contributed by atoms with E-state index >= 15 is 0 Å². The Kier molecular flexibility index (Phi) is 3.63. The molecule has 0 heterocycles. The zero-order valence-electron chi connectivity index (χ0n) is 8.43. The Hall–Kier alpha value is -0.900. The van der Waals surface area contributed by atoms with Crippen LogP contribution in [0.1, 0.15) is 12.5 Å². The first-order chi connectivity index (χ1) is 6.65. The summed E-state index contributed by atoms with van der Waals surface area (Å²) in [5.41, 5.74) is 0.778. The monoisotopic (exact) mass is 260 g/mol. The molecule has 14 heavy (non-hydrogen) atoms. The summed E-state index contributed by atoms with van der Waals surface area (Å²) in [4.78, 5) is 0. The van der Waals surface area contributed by atoms with Crippen LogP contribution in [0.5, 0.6) is 17.2 Å². The van der Waals surface area contributed by atoms with Crippen molar-refractivity contribution < 1.29 is 14.6 Å². The maximum absolute atomic E-state index is 9.81. The van der Waals surface area contributed by atoms with Crippen LogP contribution in [0.2, 0.25) is 0 Å². The van der Waals surface area contributed by atoms with Crippen LogP contribution in [0.4, 0.5) is 0 Å². The van der Waals surface area contributed by atoms with Gasteiger partial charge in [-0.3, -0.25) is 0 Å². The minimum absolute atomic E-state index is 0.184. The Labute approximate surface area is 91.8 Å². The normalized spacial score (nSPS) is 10.0. The van der Waals surface area contributed by atoms with Gasteiger partial charge in [0.25, 0.3) is 0 Å². The highest BCUT2D eigenvalue weighted by Gasteiger charge is 2.15. The molecule has 1 N–H and O–H groups in total. The number of ether oxygens (including phenoxy) is 2. The molecular weight excluding hydrogens is 248 g/mol. The molecule has 1 rings (SSSR count). The lowest BCUT2D eigenvalue weighted by atomic mass is 10.1. The second-order valence-corrected chi connectivity index (χ2v) is 3.57. The smallest absolute Gasteiger partial charge is 0.140 e. The van der Waals surface area contributed by atoms with Crippen molar-refractivity contribution in [3.8, 4) is 17.2 Å². The Morgan fingerprint density at radius 1 is 1.29 bits per heavy atom. The van der Waals surface area contributed by atoms with E-state index in [0.717, 1.165) is 5.56 Å². The highest BCUT2D eigenvalue weighted by atomic mass is 79.9. The summed E-state index contributed by atoms with van der Waals surface area (Å²) in [6, 6.07) is 1.75. The van der Waals surface area contributed by atoms with Crippen molar-refractivity contribution in [1.82, 2.24) is 0 Å². The molecule has 0 aliphatic carbocycles. The molecule has 0 bridgehead atoms. The number of halogens is 1. The molecule has 0 amide bonds. The molecule has 0 saturated carbocycles. The fraction of sp³-hybridized carbons (Fsp3) is 0.400. The molecule has 1 aromatic carbocycles. The van der Waals surface area contributed by atoms with Crippen LogP contribution in [0.25, 0.3) is 0 Å². The molecule has 0 atom stereocenters. The molecule has 4 heteroatoms. The molecule has 1 aromatic rings. The van der Waals surface area contributed by atoms with Gasteiger partial charge in [0.1, 0.15) is 21.7 Å². The van der Waals surface area contributed by atoms with Gasteiger partial charge in [0.05, 0.1) is 14.2 Å². The Morgan fingerprint density at radius 2 is 1.86 bits per heavy atom. The fourth-order valence-corrected chi connectivity index (χ4v) is 1.82. The average Bonchev–Trinajstić information content (AvgIpc) is 2.21. The first kappa shape index (κ1) is 11.2. The number of methoxy groups -OCH3 is 2. The SMILES string of the molecule is CCc1c(OC)cc(OC)c(Br)c1O. The third-order valence-electron chi connectivity index (χ3n) is 2.06. The summed E-state index contributed by atoms with van der Waals surface area (Å²) in [5.74, 6) is 1.39. The molecule has 0 aromatic heterocycles. The molecule has 0 saturated heterocycles. The minimum atomic E-state index is 0.184. The van der Waals surface area contributed by atoms with Gasteiger partial charge in [-0.25, -0.2) is 0 Å². The van der Waals surface area contributed by atoms with Crippen LogP contribution in [-0.2, 0) is 6.42 Å². The number of benzene rings is 1.